The monoisotopic (exact) mass is 281 g/mol. The summed E-state index contributed by atoms with van der Waals surface area (Å²) in [5, 5.41) is 14.2. The molecule has 0 atom stereocenters. The molecule has 1 rings (SSSR count). The molecule has 0 aliphatic rings. The molecule has 20 heavy (non-hydrogen) atoms. The second-order valence-electron chi connectivity index (χ2n) is 5.47. The fourth-order valence-corrected chi connectivity index (χ4v) is 1.52. The van der Waals surface area contributed by atoms with Crippen LogP contribution in [0.3, 0.4) is 0 Å². The van der Waals surface area contributed by atoms with Crippen LogP contribution in [-0.2, 0) is 0 Å². The van der Waals surface area contributed by atoms with Crippen molar-refractivity contribution in [2.45, 2.75) is 26.3 Å². The first-order chi connectivity index (χ1) is 9.26. The Morgan fingerprint density at radius 2 is 2.00 bits per heavy atom. The van der Waals surface area contributed by atoms with E-state index >= 15 is 0 Å². The summed E-state index contributed by atoms with van der Waals surface area (Å²) in [5.74, 6) is 0.506. The Hall–Kier alpha value is -1.82. The molecule has 0 unspecified atom stereocenters. The van der Waals surface area contributed by atoms with Crippen molar-refractivity contribution < 1.29 is 9.66 Å². The van der Waals surface area contributed by atoms with Gasteiger partial charge in [0.2, 0.25) is 0 Å². The lowest BCUT2D eigenvalue weighted by molar-refractivity contribution is -0.384. The molecule has 0 saturated carbocycles. The van der Waals surface area contributed by atoms with E-state index in [1.165, 1.54) is 12.1 Å². The van der Waals surface area contributed by atoms with Crippen LogP contribution in [0.5, 0.6) is 5.75 Å². The van der Waals surface area contributed by atoms with Gasteiger partial charge in [0.1, 0.15) is 5.75 Å². The number of nitro benzene ring substituents is 1. The van der Waals surface area contributed by atoms with Gasteiger partial charge in [-0.15, -0.1) is 0 Å². The van der Waals surface area contributed by atoms with Crippen LogP contribution < -0.4 is 10.1 Å². The molecule has 0 aliphatic carbocycles. The Morgan fingerprint density at radius 1 is 1.35 bits per heavy atom. The highest BCUT2D eigenvalue weighted by Gasteiger charge is 2.20. The number of nitrogens with zero attached hydrogens (tertiary/aromatic N) is 2. The number of nitro groups is 1. The van der Waals surface area contributed by atoms with Gasteiger partial charge in [0.05, 0.1) is 17.6 Å². The van der Waals surface area contributed by atoms with Gasteiger partial charge in [0, 0.05) is 29.9 Å². The van der Waals surface area contributed by atoms with Crippen molar-refractivity contribution in [3.63, 3.8) is 0 Å². The third-order valence-electron chi connectivity index (χ3n) is 3.35. The Bertz CT molecular complexity index is 473. The molecule has 1 N–H and O–H groups in total. The van der Waals surface area contributed by atoms with E-state index in [4.69, 9.17) is 4.74 Å². The van der Waals surface area contributed by atoms with Gasteiger partial charge in [-0.05, 0) is 34.9 Å². The topological polar surface area (TPSA) is 67.6 Å². The van der Waals surface area contributed by atoms with Crippen molar-refractivity contribution in [2.24, 2.45) is 0 Å². The van der Waals surface area contributed by atoms with E-state index in [-0.39, 0.29) is 11.2 Å². The first kappa shape index (κ1) is 16.2. The Kier molecular flexibility index (Phi) is 5.33. The third-order valence-corrected chi connectivity index (χ3v) is 3.35. The molecule has 0 spiro atoms. The summed E-state index contributed by atoms with van der Waals surface area (Å²) in [6.07, 6.45) is 0. The average Bonchev–Trinajstić information content (AvgIpc) is 2.36. The molecule has 0 bridgehead atoms. The van der Waals surface area contributed by atoms with E-state index in [1.807, 2.05) is 21.0 Å². The van der Waals surface area contributed by atoms with Crippen molar-refractivity contribution in [2.75, 3.05) is 32.6 Å². The highest BCUT2D eigenvalue weighted by atomic mass is 16.6. The summed E-state index contributed by atoms with van der Waals surface area (Å²) in [6, 6.07) is 4.74. The fourth-order valence-electron chi connectivity index (χ4n) is 1.52. The molecule has 0 aliphatic heterocycles. The van der Waals surface area contributed by atoms with Gasteiger partial charge in [-0.3, -0.25) is 10.1 Å². The first-order valence-corrected chi connectivity index (χ1v) is 6.60. The quantitative estimate of drug-likeness (QED) is 0.615. The van der Waals surface area contributed by atoms with Crippen LogP contribution >= 0.6 is 0 Å². The third kappa shape index (κ3) is 4.38. The van der Waals surface area contributed by atoms with Crippen LogP contribution in [0.4, 0.5) is 11.4 Å². The number of benzene rings is 1. The van der Waals surface area contributed by atoms with Gasteiger partial charge < -0.3 is 15.0 Å². The largest absolute Gasteiger partial charge is 0.494 e. The van der Waals surface area contributed by atoms with Crippen LogP contribution in [0.2, 0.25) is 0 Å². The molecule has 1 aromatic carbocycles. The van der Waals surface area contributed by atoms with E-state index in [1.54, 1.807) is 6.07 Å². The maximum absolute atomic E-state index is 10.9. The maximum atomic E-state index is 10.9. The van der Waals surface area contributed by atoms with Crippen LogP contribution in [0.15, 0.2) is 18.2 Å². The minimum atomic E-state index is -0.412. The SMILES string of the molecule is CCOc1cc(NCC(C)(C)N(C)C)cc([N+](=O)[O-])c1. The second-order valence-corrected chi connectivity index (χ2v) is 5.47. The highest BCUT2D eigenvalue weighted by molar-refractivity contribution is 5.56. The van der Waals surface area contributed by atoms with Gasteiger partial charge in [0.15, 0.2) is 0 Å². The predicted molar refractivity (Wildman–Crippen MR) is 80.5 cm³/mol. The number of likely N-dealkylation sites (N-methyl/N-ethyl adjacent to an activating group) is 1. The lowest BCUT2D eigenvalue weighted by Crippen LogP contribution is -2.44. The maximum Gasteiger partial charge on any atom is 0.275 e. The number of hydrogen-bond donors (Lipinski definition) is 1. The van der Waals surface area contributed by atoms with Crippen molar-refractivity contribution in [1.82, 2.24) is 4.90 Å². The highest BCUT2D eigenvalue weighted by Crippen LogP contribution is 2.26. The average molecular weight is 281 g/mol. The van der Waals surface area contributed by atoms with Crippen molar-refractivity contribution in [1.29, 1.82) is 0 Å². The van der Waals surface area contributed by atoms with Crippen LogP contribution in [0.1, 0.15) is 20.8 Å². The van der Waals surface area contributed by atoms with Gasteiger partial charge in [-0.1, -0.05) is 0 Å². The van der Waals surface area contributed by atoms with Gasteiger partial charge in [-0.2, -0.15) is 0 Å². The minimum Gasteiger partial charge on any atom is -0.494 e. The van der Waals surface area contributed by atoms with Crippen LogP contribution in [0.25, 0.3) is 0 Å². The summed E-state index contributed by atoms with van der Waals surface area (Å²) < 4.78 is 5.36. The number of non-ortho nitro benzene ring substituents is 1. The molecular formula is C14H23N3O3. The van der Waals surface area contributed by atoms with Crippen LogP contribution in [-0.4, -0.2) is 42.6 Å². The molecule has 0 heterocycles. The summed E-state index contributed by atoms with van der Waals surface area (Å²) in [5.41, 5.74) is 0.662. The standard InChI is InChI=1S/C14H23N3O3/c1-6-20-13-8-11(7-12(9-13)17(18)19)15-10-14(2,3)16(4)5/h7-9,15H,6,10H2,1-5H3. The number of nitrogens with one attached hydrogen (secondary N) is 1. The lowest BCUT2D eigenvalue weighted by Gasteiger charge is -2.33. The fraction of sp³-hybridized carbons (Fsp3) is 0.571. The van der Waals surface area contributed by atoms with Gasteiger partial charge in [-0.25, -0.2) is 0 Å². The lowest BCUT2D eigenvalue weighted by atomic mass is 10.0. The second kappa shape index (κ2) is 6.56. The van der Waals surface area contributed by atoms with Crippen LogP contribution in [0, 0.1) is 10.1 Å². The van der Waals surface area contributed by atoms with E-state index in [0.717, 1.165) is 0 Å². The molecule has 0 amide bonds. The van der Waals surface area contributed by atoms with E-state index in [2.05, 4.69) is 24.1 Å². The summed E-state index contributed by atoms with van der Waals surface area (Å²) in [4.78, 5) is 12.6. The molecule has 0 aromatic heterocycles. The zero-order chi connectivity index (χ0) is 15.3. The molecule has 0 saturated heterocycles. The normalized spacial score (nSPS) is 11.5. The first-order valence-electron chi connectivity index (χ1n) is 6.60. The Morgan fingerprint density at radius 3 is 2.50 bits per heavy atom. The number of hydrogen-bond acceptors (Lipinski definition) is 5. The number of rotatable bonds is 7. The number of anilines is 1. The summed E-state index contributed by atoms with van der Waals surface area (Å²) >= 11 is 0. The summed E-state index contributed by atoms with van der Waals surface area (Å²) in [6.45, 7) is 7.19. The van der Waals surface area contributed by atoms with Crippen molar-refractivity contribution in [3.8, 4) is 5.75 Å². The molecule has 6 nitrogen and oxygen atoms in total. The zero-order valence-corrected chi connectivity index (χ0v) is 12.8. The molecule has 0 fully saturated rings. The van der Waals surface area contributed by atoms with Crippen molar-refractivity contribution >= 4 is 11.4 Å². The Labute approximate surface area is 119 Å². The van der Waals surface area contributed by atoms with E-state index in [0.29, 0.717) is 24.6 Å². The molecule has 0 radical (unpaired) electrons. The van der Waals surface area contributed by atoms with E-state index in [9.17, 15) is 10.1 Å². The van der Waals surface area contributed by atoms with Gasteiger partial charge >= 0.3 is 0 Å². The van der Waals surface area contributed by atoms with E-state index < -0.39 is 4.92 Å². The molecule has 1 aromatic rings. The molecule has 112 valence electrons. The Balaban J connectivity index is 2.91. The summed E-state index contributed by atoms with van der Waals surface area (Å²) in [7, 11) is 4.00. The molecule has 6 heteroatoms. The zero-order valence-electron chi connectivity index (χ0n) is 12.8. The van der Waals surface area contributed by atoms with Crippen molar-refractivity contribution in [3.05, 3.63) is 28.3 Å². The number of ether oxygens (including phenoxy) is 1. The minimum absolute atomic E-state index is 0.0288. The predicted octanol–water partition coefficient (Wildman–Crippen LogP) is 2.75. The smallest absolute Gasteiger partial charge is 0.275 e. The molecular weight excluding hydrogens is 258 g/mol. The van der Waals surface area contributed by atoms with Gasteiger partial charge in [0.25, 0.3) is 5.69 Å².